The van der Waals surface area contributed by atoms with Crippen LogP contribution in [-0.4, -0.2) is 30.5 Å². The van der Waals surface area contributed by atoms with Crippen LogP contribution in [0.5, 0.6) is 5.75 Å². The monoisotopic (exact) mass is 291 g/mol. The maximum absolute atomic E-state index is 12.0. The third-order valence-corrected chi connectivity index (χ3v) is 3.00. The molecule has 0 aliphatic carbocycles. The number of alkyl halides is 3. The van der Waals surface area contributed by atoms with Crippen LogP contribution < -0.4 is 9.64 Å². The molecule has 2 rings (SSSR count). The maximum atomic E-state index is 12.0. The summed E-state index contributed by atoms with van der Waals surface area (Å²) in [5.74, 6) is 0.0825. The lowest BCUT2D eigenvalue weighted by molar-refractivity contribution is -0.153. The fraction of sp³-hybridized carbons (Fsp3) is 0.417. The number of halogens is 3. The molecule has 0 saturated carbocycles. The molecule has 0 bridgehead atoms. The molecule has 0 spiro atoms. The number of nitrogens with zero attached hydrogens (tertiary/aromatic N) is 1. The van der Waals surface area contributed by atoms with E-state index >= 15 is 0 Å². The Morgan fingerprint density at radius 1 is 1.32 bits per heavy atom. The number of amides is 1. The summed E-state index contributed by atoms with van der Waals surface area (Å²) in [5.41, 5.74) is 0.640. The fourth-order valence-electron chi connectivity index (χ4n) is 1.83. The Labute approximate surface area is 113 Å². The Morgan fingerprint density at radius 2 is 1.95 bits per heavy atom. The molecule has 0 radical (unpaired) electrons. The topological polar surface area (TPSA) is 29.5 Å². The zero-order valence-electron chi connectivity index (χ0n) is 9.85. The Hall–Kier alpha value is -1.37. The van der Waals surface area contributed by atoms with Crippen molar-refractivity contribution in [3.8, 4) is 5.75 Å². The molecule has 1 aromatic carbocycles. The molecule has 1 saturated heterocycles. The first kappa shape index (κ1) is 14.0. The van der Waals surface area contributed by atoms with Crippen molar-refractivity contribution in [1.29, 1.82) is 0 Å². The average Bonchev–Trinajstić information content (AvgIpc) is 2.66. The molecule has 1 aliphatic rings. The molecule has 0 aromatic heterocycles. The van der Waals surface area contributed by atoms with Gasteiger partial charge in [-0.2, -0.15) is 25.8 Å². The van der Waals surface area contributed by atoms with E-state index in [1.54, 1.807) is 17.0 Å². The van der Waals surface area contributed by atoms with Crippen molar-refractivity contribution in [2.24, 2.45) is 0 Å². The Morgan fingerprint density at radius 3 is 2.42 bits per heavy atom. The van der Waals surface area contributed by atoms with E-state index < -0.39 is 12.8 Å². The van der Waals surface area contributed by atoms with E-state index in [1.807, 2.05) is 0 Å². The average molecular weight is 291 g/mol. The fourth-order valence-corrected chi connectivity index (χ4v) is 2.15. The minimum atomic E-state index is -4.36. The number of thiol groups is 1. The summed E-state index contributed by atoms with van der Waals surface area (Å²) in [6.45, 7) is -0.821. The van der Waals surface area contributed by atoms with Crippen molar-refractivity contribution in [1.82, 2.24) is 0 Å². The minimum absolute atomic E-state index is 0.00587. The second-order valence-corrected chi connectivity index (χ2v) is 4.99. The Bertz CT molecular complexity index is 461. The van der Waals surface area contributed by atoms with E-state index in [0.29, 0.717) is 18.7 Å². The van der Waals surface area contributed by atoms with E-state index in [2.05, 4.69) is 17.4 Å². The third-order valence-electron chi connectivity index (χ3n) is 2.66. The number of benzene rings is 1. The largest absolute Gasteiger partial charge is 0.484 e. The summed E-state index contributed by atoms with van der Waals surface area (Å²) < 4.78 is 40.5. The van der Waals surface area contributed by atoms with Crippen molar-refractivity contribution in [2.45, 2.75) is 17.8 Å². The number of anilines is 1. The first-order chi connectivity index (χ1) is 8.85. The standard InChI is InChI=1S/C12H12F3NO2S/c13-12(14,15)7-18-9-3-1-8(2-4-9)16-6-10(19)5-11(16)17/h1-4,10,19H,5-7H2. The first-order valence-electron chi connectivity index (χ1n) is 5.63. The van der Waals surface area contributed by atoms with Gasteiger partial charge in [-0.3, -0.25) is 4.79 Å². The Kier molecular flexibility index (Phi) is 3.93. The van der Waals surface area contributed by atoms with Crippen LogP contribution >= 0.6 is 12.6 Å². The SMILES string of the molecule is O=C1CC(S)CN1c1ccc(OCC(F)(F)F)cc1. The van der Waals surface area contributed by atoms with Gasteiger partial charge in [0.25, 0.3) is 0 Å². The van der Waals surface area contributed by atoms with Gasteiger partial charge in [0.2, 0.25) is 5.91 Å². The van der Waals surface area contributed by atoms with Gasteiger partial charge in [0, 0.05) is 23.9 Å². The lowest BCUT2D eigenvalue weighted by Gasteiger charge is -2.16. The number of rotatable bonds is 3. The summed E-state index contributed by atoms with van der Waals surface area (Å²) in [4.78, 5) is 13.2. The number of hydrogen-bond acceptors (Lipinski definition) is 3. The number of carbonyl (C=O) groups excluding carboxylic acids is 1. The second-order valence-electron chi connectivity index (χ2n) is 4.26. The summed E-state index contributed by atoms with van der Waals surface area (Å²) in [5, 5.41) is -0.00587. The van der Waals surface area contributed by atoms with Crippen LogP contribution in [-0.2, 0) is 4.79 Å². The lowest BCUT2D eigenvalue weighted by Crippen LogP contribution is -2.24. The first-order valence-corrected chi connectivity index (χ1v) is 6.15. The molecule has 1 unspecified atom stereocenters. The van der Waals surface area contributed by atoms with Gasteiger partial charge in [0.05, 0.1) is 0 Å². The van der Waals surface area contributed by atoms with Crippen LogP contribution in [0.1, 0.15) is 6.42 Å². The smallest absolute Gasteiger partial charge is 0.422 e. The van der Waals surface area contributed by atoms with Gasteiger partial charge in [-0.05, 0) is 24.3 Å². The molecule has 1 aromatic rings. The van der Waals surface area contributed by atoms with Crippen LogP contribution in [0.15, 0.2) is 24.3 Å². The van der Waals surface area contributed by atoms with E-state index in [9.17, 15) is 18.0 Å². The summed E-state index contributed by atoms with van der Waals surface area (Å²) in [6.07, 6.45) is -3.99. The van der Waals surface area contributed by atoms with E-state index in [1.165, 1.54) is 12.1 Å². The molecule has 19 heavy (non-hydrogen) atoms. The molecule has 7 heteroatoms. The van der Waals surface area contributed by atoms with Crippen molar-refractivity contribution in [2.75, 3.05) is 18.1 Å². The maximum Gasteiger partial charge on any atom is 0.422 e. The van der Waals surface area contributed by atoms with E-state index in [-0.39, 0.29) is 16.9 Å². The molecule has 1 heterocycles. The van der Waals surface area contributed by atoms with Crippen molar-refractivity contribution in [3.05, 3.63) is 24.3 Å². The number of hydrogen-bond donors (Lipinski definition) is 1. The van der Waals surface area contributed by atoms with Crippen molar-refractivity contribution < 1.29 is 22.7 Å². The molecule has 1 aliphatic heterocycles. The molecule has 104 valence electrons. The van der Waals surface area contributed by atoms with Gasteiger partial charge in [-0.25, -0.2) is 0 Å². The molecule has 1 atom stereocenters. The molecule has 3 nitrogen and oxygen atoms in total. The molecule has 1 amide bonds. The lowest BCUT2D eigenvalue weighted by atomic mass is 10.3. The van der Waals surface area contributed by atoms with Gasteiger partial charge in [-0.15, -0.1) is 0 Å². The highest BCUT2D eigenvalue weighted by molar-refractivity contribution is 7.81. The van der Waals surface area contributed by atoms with Crippen LogP contribution in [0.4, 0.5) is 18.9 Å². The highest BCUT2D eigenvalue weighted by Gasteiger charge is 2.29. The summed E-state index contributed by atoms with van der Waals surface area (Å²) >= 11 is 4.23. The van der Waals surface area contributed by atoms with Gasteiger partial charge >= 0.3 is 6.18 Å². The summed E-state index contributed by atoms with van der Waals surface area (Å²) in [7, 11) is 0. The predicted octanol–water partition coefficient (Wildman–Crippen LogP) is 2.66. The zero-order valence-corrected chi connectivity index (χ0v) is 10.7. The van der Waals surface area contributed by atoms with Crippen LogP contribution in [0.25, 0.3) is 0 Å². The number of ether oxygens (including phenoxy) is 1. The highest BCUT2D eigenvalue weighted by Crippen LogP contribution is 2.26. The van der Waals surface area contributed by atoms with Gasteiger partial charge in [0.1, 0.15) is 5.75 Å². The molecule has 0 N–H and O–H groups in total. The van der Waals surface area contributed by atoms with Crippen molar-refractivity contribution >= 4 is 24.2 Å². The van der Waals surface area contributed by atoms with Crippen LogP contribution in [0.2, 0.25) is 0 Å². The van der Waals surface area contributed by atoms with Gasteiger partial charge < -0.3 is 9.64 Å². The van der Waals surface area contributed by atoms with E-state index in [0.717, 1.165) is 0 Å². The molecule has 1 fully saturated rings. The highest BCUT2D eigenvalue weighted by atomic mass is 32.1. The summed E-state index contributed by atoms with van der Waals surface area (Å²) in [6, 6.07) is 5.96. The van der Waals surface area contributed by atoms with Crippen LogP contribution in [0, 0.1) is 0 Å². The number of carbonyl (C=O) groups is 1. The van der Waals surface area contributed by atoms with Crippen LogP contribution in [0.3, 0.4) is 0 Å². The molecular formula is C12H12F3NO2S. The molecular weight excluding hydrogens is 279 g/mol. The third kappa shape index (κ3) is 3.79. The van der Waals surface area contributed by atoms with Gasteiger partial charge in [0.15, 0.2) is 6.61 Å². The van der Waals surface area contributed by atoms with E-state index in [4.69, 9.17) is 0 Å². The van der Waals surface area contributed by atoms with Crippen molar-refractivity contribution in [3.63, 3.8) is 0 Å². The van der Waals surface area contributed by atoms with Gasteiger partial charge in [-0.1, -0.05) is 0 Å². The zero-order chi connectivity index (χ0) is 14.0. The normalized spacial score (nSPS) is 19.9. The Balaban J connectivity index is 2.01. The predicted molar refractivity (Wildman–Crippen MR) is 67.7 cm³/mol. The second kappa shape index (κ2) is 5.32. The minimum Gasteiger partial charge on any atom is -0.484 e. The quantitative estimate of drug-likeness (QED) is 0.868.